The maximum absolute atomic E-state index is 10.9. The second-order valence-electron chi connectivity index (χ2n) is 7.87. The largest absolute Gasteiger partial charge is 0.506 e. The number of aromatic hydroxyl groups is 2. The molecule has 0 spiro atoms. The summed E-state index contributed by atoms with van der Waals surface area (Å²) in [5.74, 6) is 0.145. The smallest absolute Gasteiger partial charge is 0.148 e. The minimum Gasteiger partial charge on any atom is -0.506 e. The number of nitrogens with zero attached hydrogens (tertiary/aromatic N) is 5. The maximum Gasteiger partial charge on any atom is 0.148 e. The third-order valence-electron chi connectivity index (χ3n) is 5.40. The highest BCUT2D eigenvalue weighted by Crippen LogP contribution is 2.41. The molecule has 8 heteroatoms. The van der Waals surface area contributed by atoms with Gasteiger partial charge in [0.1, 0.15) is 28.9 Å². The molecule has 0 radical (unpaired) electrons. The quantitative estimate of drug-likeness (QED) is 0.443. The third-order valence-corrected chi connectivity index (χ3v) is 5.40. The molecule has 0 amide bonds. The molecule has 0 saturated carbocycles. The Bertz CT molecular complexity index is 1190. The van der Waals surface area contributed by atoms with E-state index in [-0.39, 0.29) is 11.5 Å². The van der Waals surface area contributed by atoms with Crippen molar-refractivity contribution in [3.8, 4) is 11.5 Å². The van der Waals surface area contributed by atoms with Gasteiger partial charge in [-0.3, -0.25) is 0 Å². The van der Waals surface area contributed by atoms with Crippen LogP contribution in [-0.4, -0.2) is 23.3 Å². The molecule has 1 unspecified atom stereocenters. The lowest BCUT2D eigenvalue weighted by atomic mass is 10.0. The molecule has 4 rings (SSSR count). The number of hydrogen-bond acceptors (Lipinski definition) is 8. The number of nitrogens with two attached hydrogens (primary N) is 1. The monoisotopic (exact) mass is 430 g/mol. The van der Waals surface area contributed by atoms with Gasteiger partial charge in [0.2, 0.25) is 0 Å². The lowest BCUT2D eigenvalue weighted by molar-refractivity contribution is 0.464. The second-order valence-corrected chi connectivity index (χ2v) is 7.87. The number of hydrogen-bond donors (Lipinski definition) is 3. The van der Waals surface area contributed by atoms with Crippen molar-refractivity contribution in [2.45, 2.75) is 26.3 Å². The third kappa shape index (κ3) is 4.45. The average molecular weight is 431 g/mol. The molecule has 0 bridgehead atoms. The Morgan fingerprint density at radius 2 is 1.81 bits per heavy atom. The Morgan fingerprint density at radius 1 is 1.03 bits per heavy atom. The van der Waals surface area contributed by atoms with Crippen LogP contribution in [0.4, 0.5) is 17.1 Å². The topological polar surface area (TPSA) is 119 Å². The van der Waals surface area contributed by atoms with E-state index in [1.165, 1.54) is 0 Å². The van der Waals surface area contributed by atoms with Crippen LogP contribution in [-0.2, 0) is 6.42 Å². The predicted octanol–water partition coefficient (Wildman–Crippen LogP) is 5.56. The SMILES string of the molecule is Cc1cc(N=Nc2ccccc2C)c(O)c(C2CN(c3cc(CCN)ccc3O)N=N2)c1. The number of azo groups is 1. The molecule has 0 saturated heterocycles. The summed E-state index contributed by atoms with van der Waals surface area (Å²) in [7, 11) is 0. The molecular formula is C24H26N6O2. The minimum atomic E-state index is -0.403. The van der Waals surface area contributed by atoms with Crippen LogP contribution >= 0.6 is 0 Å². The number of rotatable bonds is 6. The summed E-state index contributed by atoms with van der Waals surface area (Å²) in [6, 6.07) is 16.3. The predicted molar refractivity (Wildman–Crippen MR) is 124 cm³/mol. The summed E-state index contributed by atoms with van der Waals surface area (Å²) in [5.41, 5.74) is 10.9. The highest BCUT2D eigenvalue weighted by Gasteiger charge is 2.27. The molecular weight excluding hydrogens is 404 g/mol. The number of benzene rings is 3. The number of phenolic OH excluding ortho intramolecular Hbond substituents is 2. The molecule has 1 atom stereocenters. The van der Waals surface area contributed by atoms with E-state index in [4.69, 9.17) is 5.73 Å². The number of phenols is 2. The van der Waals surface area contributed by atoms with Gasteiger partial charge in [0, 0.05) is 5.56 Å². The van der Waals surface area contributed by atoms with Crippen molar-refractivity contribution in [3.05, 3.63) is 76.9 Å². The van der Waals surface area contributed by atoms with Crippen LogP contribution in [0.5, 0.6) is 11.5 Å². The number of aryl methyl sites for hydroxylation is 2. The molecule has 3 aromatic rings. The first kappa shape index (κ1) is 21.5. The van der Waals surface area contributed by atoms with Crippen molar-refractivity contribution in [3.63, 3.8) is 0 Å². The fourth-order valence-electron chi connectivity index (χ4n) is 3.67. The highest BCUT2D eigenvalue weighted by molar-refractivity contribution is 5.62. The lowest BCUT2D eigenvalue weighted by Crippen LogP contribution is -2.17. The normalized spacial score (nSPS) is 15.7. The molecule has 164 valence electrons. The average Bonchev–Trinajstić information content (AvgIpc) is 3.26. The second kappa shape index (κ2) is 9.15. The lowest BCUT2D eigenvalue weighted by Gasteiger charge is -2.17. The zero-order valence-electron chi connectivity index (χ0n) is 18.1. The summed E-state index contributed by atoms with van der Waals surface area (Å²) >= 11 is 0. The Hall–Kier alpha value is -3.78. The van der Waals surface area contributed by atoms with Crippen molar-refractivity contribution in [2.24, 2.45) is 26.3 Å². The van der Waals surface area contributed by atoms with Gasteiger partial charge in [0.15, 0.2) is 0 Å². The molecule has 32 heavy (non-hydrogen) atoms. The minimum absolute atomic E-state index is 0.0276. The van der Waals surface area contributed by atoms with E-state index in [0.29, 0.717) is 36.4 Å². The Balaban J connectivity index is 1.60. The van der Waals surface area contributed by atoms with Crippen LogP contribution in [0.1, 0.15) is 28.3 Å². The first-order chi connectivity index (χ1) is 15.5. The maximum atomic E-state index is 10.9. The van der Waals surface area contributed by atoms with Gasteiger partial charge in [-0.1, -0.05) is 29.5 Å². The molecule has 1 aliphatic rings. The molecule has 4 N–H and O–H groups in total. The van der Waals surface area contributed by atoms with E-state index < -0.39 is 6.04 Å². The van der Waals surface area contributed by atoms with Gasteiger partial charge in [-0.25, -0.2) is 5.01 Å². The molecule has 0 aliphatic carbocycles. The van der Waals surface area contributed by atoms with Crippen LogP contribution in [0.3, 0.4) is 0 Å². The van der Waals surface area contributed by atoms with Gasteiger partial charge >= 0.3 is 0 Å². The van der Waals surface area contributed by atoms with Gasteiger partial charge in [-0.05, 0) is 73.8 Å². The fraction of sp³-hybridized carbons (Fsp3) is 0.250. The molecule has 3 aromatic carbocycles. The Morgan fingerprint density at radius 3 is 2.59 bits per heavy atom. The standard InChI is InChI=1S/C24H26N6O2/c1-15-11-18(24(32)20(12-15)27-26-19-6-4-3-5-16(19)2)21-14-30(29-28-21)22-13-17(9-10-25)7-8-23(22)31/h3-8,11-13,21,31-32H,9-10,14,25H2,1-2H3. The van der Waals surface area contributed by atoms with Crippen LogP contribution < -0.4 is 10.7 Å². The Labute approximate surface area is 186 Å². The molecule has 0 fully saturated rings. The zero-order valence-corrected chi connectivity index (χ0v) is 18.1. The van der Waals surface area contributed by atoms with E-state index in [1.807, 2.05) is 56.3 Å². The van der Waals surface area contributed by atoms with Gasteiger partial charge in [-0.15, -0.1) is 5.11 Å². The van der Waals surface area contributed by atoms with Gasteiger partial charge in [0.25, 0.3) is 0 Å². The van der Waals surface area contributed by atoms with E-state index >= 15 is 0 Å². The van der Waals surface area contributed by atoms with Crippen molar-refractivity contribution >= 4 is 17.1 Å². The van der Waals surface area contributed by atoms with Crippen molar-refractivity contribution in [2.75, 3.05) is 18.1 Å². The van der Waals surface area contributed by atoms with Crippen LogP contribution in [0, 0.1) is 13.8 Å². The molecule has 8 nitrogen and oxygen atoms in total. The Kier molecular flexibility index (Phi) is 6.13. The first-order valence-corrected chi connectivity index (χ1v) is 10.5. The zero-order chi connectivity index (χ0) is 22.7. The summed E-state index contributed by atoms with van der Waals surface area (Å²) < 4.78 is 0. The molecule has 0 aromatic heterocycles. The van der Waals surface area contributed by atoms with Gasteiger partial charge in [0.05, 0.1) is 12.2 Å². The van der Waals surface area contributed by atoms with Crippen LogP contribution in [0.25, 0.3) is 0 Å². The summed E-state index contributed by atoms with van der Waals surface area (Å²) in [5, 5.41) is 40.0. The van der Waals surface area contributed by atoms with Crippen molar-refractivity contribution < 1.29 is 10.2 Å². The van der Waals surface area contributed by atoms with Gasteiger partial charge < -0.3 is 15.9 Å². The van der Waals surface area contributed by atoms with Crippen molar-refractivity contribution in [1.29, 1.82) is 0 Å². The summed E-state index contributed by atoms with van der Waals surface area (Å²) in [6.07, 6.45) is 0.704. The molecule has 1 aliphatic heterocycles. The van der Waals surface area contributed by atoms with E-state index in [1.54, 1.807) is 17.1 Å². The van der Waals surface area contributed by atoms with Crippen LogP contribution in [0.2, 0.25) is 0 Å². The molecule has 1 heterocycles. The highest BCUT2D eigenvalue weighted by atomic mass is 16.3. The van der Waals surface area contributed by atoms with Crippen molar-refractivity contribution in [1.82, 2.24) is 0 Å². The van der Waals surface area contributed by atoms with E-state index in [0.717, 1.165) is 22.4 Å². The summed E-state index contributed by atoms with van der Waals surface area (Å²) in [4.78, 5) is 0. The first-order valence-electron chi connectivity index (χ1n) is 10.5. The van der Waals surface area contributed by atoms with E-state index in [9.17, 15) is 10.2 Å². The van der Waals surface area contributed by atoms with Crippen LogP contribution in [0.15, 0.2) is 75.2 Å². The summed E-state index contributed by atoms with van der Waals surface area (Å²) in [6.45, 7) is 4.79. The van der Waals surface area contributed by atoms with E-state index in [2.05, 4.69) is 20.6 Å². The number of anilines is 1. The van der Waals surface area contributed by atoms with Gasteiger partial charge in [-0.2, -0.15) is 10.2 Å². The fourth-order valence-corrected chi connectivity index (χ4v) is 3.67.